The Morgan fingerprint density at radius 1 is 0.941 bits per heavy atom. The molecule has 1 unspecified atom stereocenters. The number of benzene rings is 2. The first-order valence-electron chi connectivity index (χ1n) is 11.4. The van der Waals surface area contributed by atoms with Gasteiger partial charge in [0.15, 0.2) is 5.37 Å². The lowest BCUT2D eigenvalue weighted by Gasteiger charge is -2.29. The van der Waals surface area contributed by atoms with E-state index in [2.05, 4.69) is 0 Å². The lowest BCUT2D eigenvalue weighted by molar-refractivity contribution is -0.146. The Kier molecular flexibility index (Phi) is 8.18. The van der Waals surface area contributed by atoms with Crippen molar-refractivity contribution in [1.29, 1.82) is 0 Å². The number of nitrogens with zero attached hydrogens (tertiary/aromatic N) is 3. The smallest absolute Gasteiger partial charge is 0.320 e. The summed E-state index contributed by atoms with van der Waals surface area (Å²) in [4.78, 5) is 43.8. The van der Waals surface area contributed by atoms with Gasteiger partial charge < -0.3 is 14.5 Å². The minimum absolute atomic E-state index is 0.0912. The van der Waals surface area contributed by atoms with Gasteiger partial charge in [-0.25, -0.2) is 4.39 Å². The molecule has 1 atom stereocenters. The molecule has 0 spiro atoms. The van der Waals surface area contributed by atoms with Crippen LogP contribution >= 0.6 is 11.8 Å². The highest BCUT2D eigenvalue weighted by Gasteiger charge is 2.38. The molecule has 7 nitrogen and oxygen atoms in total. The van der Waals surface area contributed by atoms with E-state index in [0.29, 0.717) is 44.0 Å². The number of thioether (sulfide) groups is 1. The van der Waals surface area contributed by atoms with E-state index in [-0.39, 0.29) is 30.9 Å². The molecule has 180 valence electrons. The zero-order valence-corrected chi connectivity index (χ0v) is 19.7. The molecule has 2 heterocycles. The standard InChI is InChI=1S/C25H28FN3O4S/c26-21-9-7-20(8-10-21)23(31)29-15-16-34-25(29)24(32)28-12-4-11-27(13-14-28)17-22(30)33-18-19-5-2-1-3-6-19/h1-3,5-10,25H,4,11-18H2. The molecular formula is C25H28FN3O4S. The topological polar surface area (TPSA) is 70.2 Å². The van der Waals surface area contributed by atoms with Crippen molar-refractivity contribution in [2.75, 3.05) is 45.0 Å². The highest BCUT2D eigenvalue weighted by atomic mass is 32.2. The number of amides is 2. The highest BCUT2D eigenvalue weighted by Crippen LogP contribution is 2.28. The van der Waals surface area contributed by atoms with Crippen LogP contribution < -0.4 is 0 Å². The van der Waals surface area contributed by atoms with Crippen molar-refractivity contribution < 1.29 is 23.5 Å². The lowest BCUT2D eigenvalue weighted by Crippen LogP contribution is -2.47. The molecule has 2 aromatic rings. The Morgan fingerprint density at radius 3 is 2.47 bits per heavy atom. The van der Waals surface area contributed by atoms with Gasteiger partial charge in [-0.2, -0.15) is 0 Å². The molecule has 2 aromatic carbocycles. The third-order valence-corrected chi connectivity index (χ3v) is 7.14. The molecule has 2 amide bonds. The summed E-state index contributed by atoms with van der Waals surface area (Å²) >= 11 is 1.45. The van der Waals surface area contributed by atoms with Gasteiger partial charge in [0.2, 0.25) is 0 Å². The predicted molar refractivity (Wildman–Crippen MR) is 128 cm³/mol. The minimum atomic E-state index is -0.583. The quantitative estimate of drug-likeness (QED) is 0.586. The van der Waals surface area contributed by atoms with E-state index in [4.69, 9.17) is 4.74 Å². The van der Waals surface area contributed by atoms with Crippen LogP contribution in [0.15, 0.2) is 54.6 Å². The van der Waals surface area contributed by atoms with Crippen LogP contribution in [0.3, 0.4) is 0 Å². The number of hydrogen-bond acceptors (Lipinski definition) is 6. The molecule has 0 aliphatic carbocycles. The molecule has 0 aromatic heterocycles. The van der Waals surface area contributed by atoms with Crippen molar-refractivity contribution in [2.45, 2.75) is 18.4 Å². The summed E-state index contributed by atoms with van der Waals surface area (Å²) in [5.41, 5.74) is 1.31. The molecule has 9 heteroatoms. The van der Waals surface area contributed by atoms with Gasteiger partial charge in [0.1, 0.15) is 12.4 Å². The van der Waals surface area contributed by atoms with Crippen molar-refractivity contribution in [3.05, 3.63) is 71.5 Å². The normalized spacial score (nSPS) is 19.0. The summed E-state index contributed by atoms with van der Waals surface area (Å²) < 4.78 is 18.6. The number of esters is 1. The fourth-order valence-corrected chi connectivity index (χ4v) is 5.31. The fourth-order valence-electron chi connectivity index (χ4n) is 4.11. The van der Waals surface area contributed by atoms with Crippen molar-refractivity contribution in [2.24, 2.45) is 0 Å². The largest absolute Gasteiger partial charge is 0.460 e. The number of ether oxygens (including phenoxy) is 1. The third-order valence-electron chi connectivity index (χ3n) is 5.95. The van der Waals surface area contributed by atoms with Crippen LogP contribution in [0.2, 0.25) is 0 Å². The third kappa shape index (κ3) is 6.15. The maximum absolute atomic E-state index is 13.3. The summed E-state index contributed by atoms with van der Waals surface area (Å²) in [5, 5.41) is -0.583. The Morgan fingerprint density at radius 2 is 1.71 bits per heavy atom. The van der Waals surface area contributed by atoms with Crippen LogP contribution in [-0.2, 0) is 20.9 Å². The maximum Gasteiger partial charge on any atom is 0.320 e. The van der Waals surface area contributed by atoms with Crippen LogP contribution in [0.25, 0.3) is 0 Å². The molecule has 2 fully saturated rings. The Bertz CT molecular complexity index is 1000. The van der Waals surface area contributed by atoms with E-state index >= 15 is 0 Å². The molecule has 4 rings (SSSR count). The second kappa shape index (κ2) is 11.5. The molecule has 0 saturated carbocycles. The average molecular weight is 486 g/mol. The molecular weight excluding hydrogens is 457 g/mol. The van der Waals surface area contributed by atoms with Crippen molar-refractivity contribution in [3.8, 4) is 0 Å². The summed E-state index contributed by atoms with van der Waals surface area (Å²) in [6.45, 7) is 3.22. The SMILES string of the molecule is O=C(CN1CCCN(C(=O)C2SCCN2C(=O)c2ccc(F)cc2)CC1)OCc1ccccc1. The van der Waals surface area contributed by atoms with Gasteiger partial charge in [-0.3, -0.25) is 19.3 Å². The minimum Gasteiger partial charge on any atom is -0.460 e. The Hall–Kier alpha value is -2.91. The van der Waals surface area contributed by atoms with E-state index < -0.39 is 11.2 Å². The Balaban J connectivity index is 1.29. The first-order valence-corrected chi connectivity index (χ1v) is 12.4. The van der Waals surface area contributed by atoms with E-state index in [1.165, 1.54) is 36.0 Å². The molecule has 34 heavy (non-hydrogen) atoms. The van der Waals surface area contributed by atoms with Crippen molar-refractivity contribution in [1.82, 2.24) is 14.7 Å². The highest BCUT2D eigenvalue weighted by molar-refractivity contribution is 8.00. The predicted octanol–water partition coefficient (Wildman–Crippen LogP) is 2.62. The molecule has 0 radical (unpaired) electrons. The van der Waals surface area contributed by atoms with Gasteiger partial charge >= 0.3 is 5.97 Å². The number of hydrogen-bond donors (Lipinski definition) is 0. The Labute approximate surface area is 202 Å². The second-order valence-electron chi connectivity index (χ2n) is 8.33. The maximum atomic E-state index is 13.3. The van der Waals surface area contributed by atoms with Crippen molar-refractivity contribution in [3.63, 3.8) is 0 Å². The van der Waals surface area contributed by atoms with E-state index in [1.807, 2.05) is 35.2 Å². The fraction of sp³-hybridized carbons (Fsp3) is 0.400. The summed E-state index contributed by atoms with van der Waals surface area (Å²) in [5.74, 6) is -0.368. The second-order valence-corrected chi connectivity index (χ2v) is 9.52. The zero-order chi connectivity index (χ0) is 23.9. The molecule has 2 aliphatic heterocycles. The number of carbonyl (C=O) groups is 3. The van der Waals surface area contributed by atoms with Crippen LogP contribution in [0.1, 0.15) is 22.3 Å². The van der Waals surface area contributed by atoms with Crippen LogP contribution in [0.5, 0.6) is 0 Å². The summed E-state index contributed by atoms with van der Waals surface area (Å²) in [7, 11) is 0. The molecule has 2 aliphatic rings. The number of halogens is 1. The average Bonchev–Trinajstić information content (AvgIpc) is 3.23. The van der Waals surface area contributed by atoms with Crippen LogP contribution in [0.4, 0.5) is 4.39 Å². The van der Waals surface area contributed by atoms with Crippen LogP contribution in [0, 0.1) is 5.82 Å². The molecule has 0 N–H and O–H groups in total. The van der Waals surface area contributed by atoms with Gasteiger partial charge in [-0.15, -0.1) is 11.8 Å². The number of rotatable bonds is 6. The van der Waals surface area contributed by atoms with Gasteiger partial charge in [0.05, 0.1) is 6.54 Å². The molecule has 0 bridgehead atoms. The monoisotopic (exact) mass is 485 g/mol. The van der Waals surface area contributed by atoms with E-state index in [1.54, 1.807) is 9.80 Å². The van der Waals surface area contributed by atoms with Gasteiger partial charge in [-0.1, -0.05) is 30.3 Å². The van der Waals surface area contributed by atoms with E-state index in [9.17, 15) is 18.8 Å². The van der Waals surface area contributed by atoms with Gasteiger partial charge in [0, 0.05) is 44.0 Å². The van der Waals surface area contributed by atoms with Gasteiger partial charge in [0.25, 0.3) is 11.8 Å². The van der Waals surface area contributed by atoms with E-state index in [0.717, 1.165) is 12.0 Å². The lowest BCUT2D eigenvalue weighted by atomic mass is 10.2. The first kappa shape index (κ1) is 24.2. The molecule has 2 saturated heterocycles. The number of carbonyl (C=O) groups excluding carboxylic acids is 3. The first-order chi connectivity index (χ1) is 16.5. The zero-order valence-electron chi connectivity index (χ0n) is 18.9. The van der Waals surface area contributed by atoms with Gasteiger partial charge in [-0.05, 0) is 36.2 Å². The summed E-state index contributed by atoms with van der Waals surface area (Å²) in [6.07, 6.45) is 0.737. The summed E-state index contributed by atoms with van der Waals surface area (Å²) in [6, 6.07) is 14.9. The van der Waals surface area contributed by atoms with Crippen LogP contribution in [-0.4, -0.2) is 82.9 Å². The van der Waals surface area contributed by atoms with Crippen molar-refractivity contribution >= 4 is 29.5 Å².